The van der Waals surface area contributed by atoms with Crippen LogP contribution >= 0.6 is 0 Å². The molecule has 1 atom stereocenters. The van der Waals surface area contributed by atoms with Crippen molar-refractivity contribution in [1.82, 2.24) is 4.90 Å². The molecule has 1 saturated heterocycles. The lowest BCUT2D eigenvalue weighted by Gasteiger charge is -2.14. The molecule has 0 N–H and O–H groups in total. The number of hydrogen-bond donors (Lipinski definition) is 0. The maximum Gasteiger partial charge on any atom is 0.233 e. The smallest absolute Gasteiger partial charge is 0.233 e. The number of benzene rings is 1. The summed E-state index contributed by atoms with van der Waals surface area (Å²) in [6.45, 7) is 1.04. The van der Waals surface area contributed by atoms with E-state index in [1.54, 1.807) is 7.11 Å². The van der Waals surface area contributed by atoms with Gasteiger partial charge in [-0.1, -0.05) is 30.3 Å². The quantitative estimate of drug-likeness (QED) is 0.577. The van der Waals surface area contributed by atoms with Crippen LogP contribution < -0.4 is 0 Å². The average molecular weight is 261 g/mol. The van der Waals surface area contributed by atoms with Gasteiger partial charge in [-0.2, -0.15) is 0 Å². The molecule has 4 nitrogen and oxygen atoms in total. The molecule has 19 heavy (non-hydrogen) atoms. The maximum absolute atomic E-state index is 12.2. The second-order valence-electron chi connectivity index (χ2n) is 4.82. The lowest BCUT2D eigenvalue weighted by atomic mass is 9.98. The largest absolute Gasteiger partial charge is 0.385 e. The summed E-state index contributed by atoms with van der Waals surface area (Å²) in [6.07, 6.45) is 1.68. The number of hydrogen-bond acceptors (Lipinski definition) is 3. The lowest BCUT2D eigenvalue weighted by Crippen LogP contribution is -2.32. The predicted octanol–water partition coefficient (Wildman–Crippen LogP) is 1.64. The first kappa shape index (κ1) is 13.7. The van der Waals surface area contributed by atoms with Gasteiger partial charge in [0.1, 0.15) is 0 Å². The molecule has 0 aliphatic carbocycles. The van der Waals surface area contributed by atoms with E-state index in [1.165, 1.54) is 4.90 Å². The topological polar surface area (TPSA) is 46.6 Å². The number of carbonyl (C=O) groups is 2. The Labute approximate surface area is 113 Å². The van der Waals surface area contributed by atoms with Gasteiger partial charge in [0.05, 0.1) is 5.92 Å². The fourth-order valence-corrected chi connectivity index (χ4v) is 2.41. The monoisotopic (exact) mass is 261 g/mol. The number of rotatable bonds is 6. The molecule has 0 spiro atoms. The molecule has 4 heteroatoms. The first-order valence-electron chi connectivity index (χ1n) is 6.59. The maximum atomic E-state index is 12.2. The van der Waals surface area contributed by atoms with E-state index in [-0.39, 0.29) is 17.7 Å². The van der Waals surface area contributed by atoms with Gasteiger partial charge in [-0.3, -0.25) is 14.5 Å². The molecular formula is C15H19NO3. The molecular weight excluding hydrogens is 242 g/mol. The molecule has 1 heterocycles. The number of methoxy groups -OCH3 is 1. The van der Waals surface area contributed by atoms with Crippen molar-refractivity contribution in [1.29, 1.82) is 0 Å². The van der Waals surface area contributed by atoms with Gasteiger partial charge in [-0.25, -0.2) is 0 Å². The van der Waals surface area contributed by atoms with Crippen molar-refractivity contribution < 1.29 is 14.3 Å². The second kappa shape index (κ2) is 6.48. The second-order valence-corrected chi connectivity index (χ2v) is 4.82. The summed E-state index contributed by atoms with van der Waals surface area (Å²) in [4.78, 5) is 25.4. The van der Waals surface area contributed by atoms with Gasteiger partial charge in [-0.15, -0.1) is 0 Å². The normalized spacial score (nSPS) is 19.2. The first-order chi connectivity index (χ1) is 9.22. The lowest BCUT2D eigenvalue weighted by molar-refractivity contribution is -0.139. The van der Waals surface area contributed by atoms with E-state index in [4.69, 9.17) is 4.74 Å². The highest BCUT2D eigenvalue weighted by atomic mass is 16.5. The van der Waals surface area contributed by atoms with Crippen LogP contribution in [-0.2, 0) is 20.7 Å². The van der Waals surface area contributed by atoms with Gasteiger partial charge in [0, 0.05) is 26.7 Å². The molecule has 0 saturated carbocycles. The SMILES string of the molecule is COCCCN1C(=O)C[C@@H](Cc2ccccc2)C1=O. The minimum absolute atomic E-state index is 0.0371. The number of carbonyl (C=O) groups excluding carboxylic acids is 2. The van der Waals surface area contributed by atoms with Crippen molar-refractivity contribution in [2.75, 3.05) is 20.3 Å². The van der Waals surface area contributed by atoms with Crippen LogP contribution in [-0.4, -0.2) is 37.0 Å². The summed E-state index contributed by atoms with van der Waals surface area (Å²) in [6, 6.07) is 9.83. The van der Waals surface area contributed by atoms with Gasteiger partial charge in [-0.05, 0) is 18.4 Å². The number of likely N-dealkylation sites (tertiary alicyclic amines) is 1. The molecule has 0 aromatic heterocycles. The summed E-state index contributed by atoms with van der Waals surface area (Å²) in [5, 5.41) is 0. The molecule has 0 bridgehead atoms. The van der Waals surface area contributed by atoms with Crippen molar-refractivity contribution in [2.24, 2.45) is 5.92 Å². The minimum Gasteiger partial charge on any atom is -0.385 e. The summed E-state index contributed by atoms with van der Waals surface area (Å²) >= 11 is 0. The molecule has 2 rings (SSSR count). The number of ether oxygens (including phenoxy) is 1. The van der Waals surface area contributed by atoms with Crippen LogP contribution in [0, 0.1) is 5.92 Å². The molecule has 1 aliphatic rings. The van der Waals surface area contributed by atoms with E-state index >= 15 is 0 Å². The standard InChI is InChI=1S/C15H19NO3/c1-19-9-5-8-16-14(17)11-13(15(16)18)10-12-6-3-2-4-7-12/h2-4,6-7,13H,5,8-11H2,1H3/t13-/m1/s1. The Kier molecular flexibility index (Phi) is 4.68. The van der Waals surface area contributed by atoms with Gasteiger partial charge in [0.2, 0.25) is 11.8 Å². The zero-order chi connectivity index (χ0) is 13.7. The van der Waals surface area contributed by atoms with Crippen LogP contribution in [0.3, 0.4) is 0 Å². The molecule has 1 aromatic rings. The van der Waals surface area contributed by atoms with E-state index in [9.17, 15) is 9.59 Å². The molecule has 0 radical (unpaired) electrons. The highest BCUT2D eigenvalue weighted by Gasteiger charge is 2.37. The zero-order valence-corrected chi connectivity index (χ0v) is 11.2. The van der Waals surface area contributed by atoms with Gasteiger partial charge in [0.25, 0.3) is 0 Å². The minimum atomic E-state index is -0.197. The summed E-state index contributed by atoms with van der Waals surface area (Å²) in [5.41, 5.74) is 1.10. The highest BCUT2D eigenvalue weighted by Crippen LogP contribution is 2.23. The van der Waals surface area contributed by atoms with Crippen molar-refractivity contribution in [3.63, 3.8) is 0 Å². The van der Waals surface area contributed by atoms with Crippen molar-refractivity contribution in [2.45, 2.75) is 19.3 Å². The van der Waals surface area contributed by atoms with E-state index in [2.05, 4.69) is 0 Å². The van der Waals surface area contributed by atoms with Crippen molar-refractivity contribution >= 4 is 11.8 Å². The number of amides is 2. The number of imide groups is 1. The molecule has 102 valence electrons. The van der Waals surface area contributed by atoms with Gasteiger partial charge < -0.3 is 4.74 Å². The summed E-state index contributed by atoms with van der Waals surface area (Å²) in [7, 11) is 1.62. The number of nitrogens with zero attached hydrogens (tertiary/aromatic N) is 1. The Bertz CT molecular complexity index is 444. The summed E-state index contributed by atoms with van der Waals surface area (Å²) < 4.78 is 4.95. The molecule has 1 aromatic carbocycles. The highest BCUT2D eigenvalue weighted by molar-refractivity contribution is 6.03. The first-order valence-corrected chi connectivity index (χ1v) is 6.59. The zero-order valence-electron chi connectivity index (χ0n) is 11.2. The van der Waals surface area contributed by atoms with Crippen LogP contribution in [0.25, 0.3) is 0 Å². The Balaban J connectivity index is 1.94. The third kappa shape index (κ3) is 3.41. The van der Waals surface area contributed by atoms with Crippen molar-refractivity contribution in [3.05, 3.63) is 35.9 Å². The van der Waals surface area contributed by atoms with E-state index in [0.717, 1.165) is 5.56 Å². The molecule has 2 amide bonds. The average Bonchev–Trinajstić information content (AvgIpc) is 2.68. The van der Waals surface area contributed by atoms with Crippen LogP contribution in [0.2, 0.25) is 0 Å². The molecule has 0 unspecified atom stereocenters. The predicted molar refractivity (Wildman–Crippen MR) is 71.5 cm³/mol. The van der Waals surface area contributed by atoms with Crippen molar-refractivity contribution in [3.8, 4) is 0 Å². The molecule has 1 aliphatic heterocycles. The summed E-state index contributed by atoms with van der Waals surface area (Å²) in [5.74, 6) is -0.288. The van der Waals surface area contributed by atoms with Gasteiger partial charge >= 0.3 is 0 Å². The Morgan fingerprint density at radius 3 is 2.68 bits per heavy atom. The van der Waals surface area contributed by atoms with Crippen LogP contribution in [0.15, 0.2) is 30.3 Å². The van der Waals surface area contributed by atoms with E-state index in [1.807, 2.05) is 30.3 Å². The Hall–Kier alpha value is -1.68. The Morgan fingerprint density at radius 2 is 2.00 bits per heavy atom. The van der Waals surface area contributed by atoms with Crippen LogP contribution in [0.1, 0.15) is 18.4 Å². The van der Waals surface area contributed by atoms with E-state index in [0.29, 0.717) is 32.4 Å². The third-order valence-corrected chi connectivity index (χ3v) is 3.39. The van der Waals surface area contributed by atoms with Crippen LogP contribution in [0.4, 0.5) is 0 Å². The Morgan fingerprint density at radius 1 is 1.26 bits per heavy atom. The fourth-order valence-electron chi connectivity index (χ4n) is 2.41. The van der Waals surface area contributed by atoms with Gasteiger partial charge in [0.15, 0.2) is 0 Å². The van der Waals surface area contributed by atoms with E-state index < -0.39 is 0 Å². The fraction of sp³-hybridized carbons (Fsp3) is 0.467. The molecule has 1 fully saturated rings. The van der Waals surface area contributed by atoms with Crippen LogP contribution in [0.5, 0.6) is 0 Å². The third-order valence-electron chi connectivity index (χ3n) is 3.39.